The monoisotopic (exact) mass is 371 g/mol. The predicted molar refractivity (Wildman–Crippen MR) is 102 cm³/mol. The van der Waals surface area contributed by atoms with Gasteiger partial charge in [-0.25, -0.2) is 13.1 Å². The summed E-state index contributed by atoms with van der Waals surface area (Å²) >= 11 is 1.89. The zero-order valence-electron chi connectivity index (χ0n) is 15.1. The molecule has 1 N–H and O–H groups in total. The molecular weight excluding hydrogens is 342 g/mol. The van der Waals surface area contributed by atoms with Gasteiger partial charge in [0.2, 0.25) is 10.0 Å². The molecule has 0 aliphatic heterocycles. The first kappa shape index (κ1) is 19.6. The summed E-state index contributed by atoms with van der Waals surface area (Å²) in [7, 11) is -1.87. The average molecular weight is 372 g/mol. The number of sulfonamides is 1. The maximum atomic E-state index is 12.7. The first-order valence-corrected chi connectivity index (χ1v) is 11.2. The molecule has 0 aromatic heterocycles. The van der Waals surface area contributed by atoms with Crippen LogP contribution in [0.4, 0.5) is 0 Å². The molecule has 1 aromatic rings. The van der Waals surface area contributed by atoms with E-state index < -0.39 is 10.0 Å². The Morgan fingerprint density at radius 1 is 1.29 bits per heavy atom. The maximum absolute atomic E-state index is 12.7. The van der Waals surface area contributed by atoms with Gasteiger partial charge in [0.25, 0.3) is 0 Å². The Balaban J connectivity index is 2.06. The number of ether oxygens (including phenoxy) is 1. The SMILES string of the molecule is COc1cc(C)c(S(=O)(=O)NCCSC2CCCC2)cc1C(C)C. The molecule has 1 aliphatic rings. The molecule has 6 heteroatoms. The summed E-state index contributed by atoms with van der Waals surface area (Å²) < 4.78 is 33.5. The average Bonchev–Trinajstić information content (AvgIpc) is 3.04. The van der Waals surface area contributed by atoms with Crippen LogP contribution in [0.15, 0.2) is 17.0 Å². The van der Waals surface area contributed by atoms with Crippen molar-refractivity contribution in [1.82, 2.24) is 4.72 Å². The Bertz CT molecular complexity index is 650. The second kappa shape index (κ2) is 8.59. The van der Waals surface area contributed by atoms with Crippen LogP contribution < -0.4 is 9.46 Å². The molecule has 1 saturated carbocycles. The number of rotatable bonds is 8. The van der Waals surface area contributed by atoms with Gasteiger partial charge in [0.15, 0.2) is 0 Å². The van der Waals surface area contributed by atoms with Gasteiger partial charge in [-0.1, -0.05) is 26.7 Å². The number of hydrogen-bond donors (Lipinski definition) is 1. The quantitative estimate of drug-likeness (QED) is 0.700. The lowest BCUT2D eigenvalue weighted by atomic mass is 10.0. The second-order valence-electron chi connectivity index (χ2n) is 6.69. The van der Waals surface area contributed by atoms with Crippen LogP contribution in [-0.4, -0.2) is 33.1 Å². The van der Waals surface area contributed by atoms with E-state index in [-0.39, 0.29) is 5.92 Å². The van der Waals surface area contributed by atoms with E-state index in [1.807, 2.05) is 38.6 Å². The van der Waals surface area contributed by atoms with Crippen LogP contribution >= 0.6 is 11.8 Å². The van der Waals surface area contributed by atoms with Crippen molar-refractivity contribution in [1.29, 1.82) is 0 Å². The summed E-state index contributed by atoms with van der Waals surface area (Å²) in [6.07, 6.45) is 5.17. The highest BCUT2D eigenvalue weighted by molar-refractivity contribution is 8.00. The molecule has 2 rings (SSSR count). The van der Waals surface area contributed by atoms with Gasteiger partial charge in [0.05, 0.1) is 12.0 Å². The molecule has 0 bridgehead atoms. The van der Waals surface area contributed by atoms with Crippen LogP contribution in [0.3, 0.4) is 0 Å². The molecule has 1 fully saturated rings. The van der Waals surface area contributed by atoms with Crippen molar-refractivity contribution >= 4 is 21.8 Å². The summed E-state index contributed by atoms with van der Waals surface area (Å²) in [5, 5.41) is 0.713. The van der Waals surface area contributed by atoms with Gasteiger partial charge in [-0.3, -0.25) is 0 Å². The van der Waals surface area contributed by atoms with Gasteiger partial charge >= 0.3 is 0 Å². The van der Waals surface area contributed by atoms with E-state index >= 15 is 0 Å². The highest BCUT2D eigenvalue weighted by atomic mass is 32.2. The largest absolute Gasteiger partial charge is 0.496 e. The molecule has 136 valence electrons. The zero-order valence-corrected chi connectivity index (χ0v) is 16.7. The third kappa shape index (κ3) is 4.90. The Morgan fingerprint density at radius 3 is 2.54 bits per heavy atom. The molecule has 24 heavy (non-hydrogen) atoms. The van der Waals surface area contributed by atoms with Gasteiger partial charge in [-0.15, -0.1) is 0 Å². The lowest BCUT2D eigenvalue weighted by molar-refractivity contribution is 0.406. The minimum Gasteiger partial charge on any atom is -0.496 e. The third-order valence-electron chi connectivity index (χ3n) is 4.49. The topological polar surface area (TPSA) is 55.4 Å². The maximum Gasteiger partial charge on any atom is 0.240 e. The molecule has 1 aromatic carbocycles. The molecule has 0 atom stereocenters. The Kier molecular flexibility index (Phi) is 7.01. The van der Waals surface area contributed by atoms with E-state index in [4.69, 9.17) is 4.74 Å². The van der Waals surface area contributed by atoms with E-state index in [9.17, 15) is 8.42 Å². The normalized spacial score (nSPS) is 16.0. The Morgan fingerprint density at radius 2 is 1.96 bits per heavy atom. The number of thioether (sulfide) groups is 1. The van der Waals surface area contributed by atoms with Crippen molar-refractivity contribution in [3.63, 3.8) is 0 Å². The van der Waals surface area contributed by atoms with E-state index in [2.05, 4.69) is 4.72 Å². The molecule has 0 radical (unpaired) electrons. The van der Waals surface area contributed by atoms with Crippen molar-refractivity contribution in [2.75, 3.05) is 19.4 Å². The minimum atomic E-state index is -3.49. The van der Waals surface area contributed by atoms with Crippen molar-refractivity contribution in [3.05, 3.63) is 23.3 Å². The van der Waals surface area contributed by atoms with E-state index in [1.54, 1.807) is 13.2 Å². The molecule has 0 amide bonds. The smallest absolute Gasteiger partial charge is 0.240 e. The fourth-order valence-electron chi connectivity index (χ4n) is 3.13. The molecular formula is C18H29NO3S2. The van der Waals surface area contributed by atoms with Crippen LogP contribution in [0.25, 0.3) is 0 Å². The summed E-state index contributed by atoms with van der Waals surface area (Å²) in [5.74, 6) is 1.78. The van der Waals surface area contributed by atoms with Crippen molar-refractivity contribution in [2.45, 2.75) is 62.5 Å². The van der Waals surface area contributed by atoms with E-state index in [0.29, 0.717) is 22.3 Å². The van der Waals surface area contributed by atoms with E-state index in [1.165, 1.54) is 25.7 Å². The third-order valence-corrected chi connectivity index (χ3v) is 7.47. The summed E-state index contributed by atoms with van der Waals surface area (Å²) in [5.41, 5.74) is 1.64. The first-order chi connectivity index (χ1) is 11.3. The van der Waals surface area contributed by atoms with Crippen molar-refractivity contribution < 1.29 is 13.2 Å². The van der Waals surface area contributed by atoms with Crippen LogP contribution in [0.5, 0.6) is 5.75 Å². The number of methoxy groups -OCH3 is 1. The summed E-state index contributed by atoms with van der Waals surface area (Å²) in [6, 6.07) is 3.57. The lowest BCUT2D eigenvalue weighted by Crippen LogP contribution is -2.27. The number of benzene rings is 1. The van der Waals surface area contributed by atoms with Gasteiger partial charge in [-0.2, -0.15) is 11.8 Å². The molecule has 0 saturated heterocycles. The Labute approximate surface area is 150 Å². The van der Waals surface area contributed by atoms with Gasteiger partial charge in [0.1, 0.15) is 5.75 Å². The summed E-state index contributed by atoms with van der Waals surface area (Å²) in [4.78, 5) is 0.359. The first-order valence-electron chi connectivity index (χ1n) is 8.65. The highest BCUT2D eigenvalue weighted by Gasteiger charge is 2.21. The van der Waals surface area contributed by atoms with Crippen LogP contribution in [-0.2, 0) is 10.0 Å². The molecule has 1 aliphatic carbocycles. The number of hydrogen-bond acceptors (Lipinski definition) is 4. The standard InChI is InChI=1S/C18H29NO3S2/c1-13(2)16-12-18(14(3)11-17(16)22-4)24(20,21)19-9-10-23-15-7-5-6-8-15/h11-13,15,19H,5-10H2,1-4H3. The van der Waals surface area contributed by atoms with Gasteiger partial charge in [0, 0.05) is 17.5 Å². The molecule has 0 spiro atoms. The van der Waals surface area contributed by atoms with Gasteiger partial charge < -0.3 is 4.74 Å². The zero-order chi connectivity index (χ0) is 17.7. The number of aryl methyl sites for hydroxylation is 1. The Hall–Kier alpha value is -0.720. The summed E-state index contributed by atoms with van der Waals surface area (Å²) in [6.45, 7) is 6.37. The minimum absolute atomic E-state index is 0.201. The van der Waals surface area contributed by atoms with Crippen molar-refractivity contribution in [2.24, 2.45) is 0 Å². The fraction of sp³-hybridized carbons (Fsp3) is 0.667. The van der Waals surface area contributed by atoms with Crippen LogP contribution in [0.1, 0.15) is 56.6 Å². The second-order valence-corrected chi connectivity index (χ2v) is 9.83. The lowest BCUT2D eigenvalue weighted by Gasteiger charge is -2.17. The van der Waals surface area contributed by atoms with Crippen molar-refractivity contribution in [3.8, 4) is 5.75 Å². The van der Waals surface area contributed by atoms with Crippen LogP contribution in [0.2, 0.25) is 0 Å². The number of nitrogens with one attached hydrogen (secondary N) is 1. The highest BCUT2D eigenvalue weighted by Crippen LogP contribution is 2.32. The predicted octanol–water partition coefficient (Wildman–Crippen LogP) is 4.08. The fourth-order valence-corrected chi connectivity index (χ4v) is 5.77. The molecule has 0 heterocycles. The van der Waals surface area contributed by atoms with Gasteiger partial charge in [-0.05, 0) is 48.9 Å². The molecule has 4 nitrogen and oxygen atoms in total. The van der Waals surface area contributed by atoms with Crippen LogP contribution in [0, 0.1) is 6.92 Å². The molecule has 0 unspecified atom stereocenters. The van der Waals surface area contributed by atoms with E-state index in [0.717, 1.165) is 17.1 Å².